The standard InChI is InChI=1S/C29H41FN2O2/c1-3-5-7-8-9-10-22-20-31-28(32-21-22)25-14-12-23(13-15-25)24-16-18-26(19-17-24)34-29(33)27(30)11-6-4-2/h12-15,20-21,24,26-27H,3-11,16-19H2,1-2H3/t24?,26?,27-/m0/s1. The first kappa shape index (κ1) is 26.3. The van der Waals surface area contributed by atoms with Crippen LogP contribution in [0.15, 0.2) is 36.7 Å². The lowest BCUT2D eigenvalue weighted by molar-refractivity contribution is -0.157. The summed E-state index contributed by atoms with van der Waals surface area (Å²) in [6, 6.07) is 8.53. The zero-order valence-electron chi connectivity index (χ0n) is 21.0. The van der Waals surface area contributed by atoms with Crippen LogP contribution in [-0.2, 0) is 16.0 Å². The van der Waals surface area contributed by atoms with Crippen LogP contribution in [0.3, 0.4) is 0 Å². The summed E-state index contributed by atoms with van der Waals surface area (Å²) in [6.07, 6.45) is 15.1. The fourth-order valence-corrected chi connectivity index (χ4v) is 4.72. The van der Waals surface area contributed by atoms with Gasteiger partial charge in [-0.3, -0.25) is 0 Å². The van der Waals surface area contributed by atoms with E-state index in [9.17, 15) is 9.18 Å². The maximum Gasteiger partial charge on any atom is 0.340 e. The van der Waals surface area contributed by atoms with Gasteiger partial charge in [0.05, 0.1) is 0 Å². The molecule has 0 bridgehead atoms. The van der Waals surface area contributed by atoms with Crippen LogP contribution in [0.5, 0.6) is 0 Å². The number of alkyl halides is 1. The van der Waals surface area contributed by atoms with Gasteiger partial charge in [-0.15, -0.1) is 0 Å². The number of aryl methyl sites for hydroxylation is 1. The van der Waals surface area contributed by atoms with Crippen LogP contribution < -0.4 is 0 Å². The maximum absolute atomic E-state index is 13.9. The predicted molar refractivity (Wildman–Crippen MR) is 135 cm³/mol. The SMILES string of the molecule is CCCCCCCc1cnc(-c2ccc(C3CCC(OC(=O)[C@@H](F)CCCC)CC3)cc2)nc1. The number of aromatic nitrogens is 2. The first-order chi connectivity index (χ1) is 16.6. The monoisotopic (exact) mass is 468 g/mol. The number of carbonyl (C=O) groups excluding carboxylic acids is 1. The van der Waals surface area contributed by atoms with Crippen LogP contribution in [0.25, 0.3) is 11.4 Å². The summed E-state index contributed by atoms with van der Waals surface area (Å²) in [5, 5.41) is 0. The third kappa shape index (κ3) is 8.18. The molecular formula is C29H41FN2O2. The van der Waals surface area contributed by atoms with Gasteiger partial charge in [-0.25, -0.2) is 19.2 Å². The quantitative estimate of drug-likeness (QED) is 0.223. The smallest absolute Gasteiger partial charge is 0.340 e. The van der Waals surface area contributed by atoms with Crippen LogP contribution in [0.4, 0.5) is 4.39 Å². The van der Waals surface area contributed by atoms with Gasteiger partial charge < -0.3 is 4.74 Å². The summed E-state index contributed by atoms with van der Waals surface area (Å²) in [6.45, 7) is 4.23. The zero-order chi connectivity index (χ0) is 24.2. The molecule has 0 saturated heterocycles. The molecular weight excluding hydrogens is 427 g/mol. The normalized spacial score (nSPS) is 19.0. The van der Waals surface area contributed by atoms with Crippen molar-refractivity contribution in [3.63, 3.8) is 0 Å². The Labute approximate surface area is 204 Å². The minimum absolute atomic E-state index is 0.151. The molecule has 5 heteroatoms. The van der Waals surface area contributed by atoms with Crippen LogP contribution in [0.1, 0.15) is 108 Å². The molecule has 34 heavy (non-hydrogen) atoms. The Kier molecular flexibility index (Phi) is 11.0. The zero-order valence-corrected chi connectivity index (χ0v) is 21.0. The van der Waals surface area contributed by atoms with E-state index in [1.165, 1.54) is 43.2 Å². The molecule has 0 radical (unpaired) electrons. The Morgan fingerprint density at radius 2 is 1.59 bits per heavy atom. The van der Waals surface area contributed by atoms with Crippen molar-refractivity contribution in [2.24, 2.45) is 0 Å². The van der Waals surface area contributed by atoms with Crippen molar-refractivity contribution in [3.05, 3.63) is 47.8 Å². The summed E-state index contributed by atoms with van der Waals surface area (Å²) in [5.74, 6) is 0.533. The number of hydrogen-bond acceptors (Lipinski definition) is 4. The number of esters is 1. The lowest BCUT2D eigenvalue weighted by atomic mass is 9.82. The third-order valence-electron chi connectivity index (χ3n) is 6.94. The van der Waals surface area contributed by atoms with Gasteiger partial charge in [0, 0.05) is 18.0 Å². The van der Waals surface area contributed by atoms with Crippen LogP contribution >= 0.6 is 0 Å². The van der Waals surface area contributed by atoms with Crippen molar-refractivity contribution in [3.8, 4) is 11.4 Å². The van der Waals surface area contributed by atoms with Gasteiger partial charge in [0.1, 0.15) is 6.10 Å². The molecule has 1 aliphatic carbocycles. The molecule has 0 amide bonds. The van der Waals surface area contributed by atoms with Crippen molar-refractivity contribution in [2.45, 2.75) is 116 Å². The van der Waals surface area contributed by atoms with Gasteiger partial charge in [0.15, 0.2) is 12.0 Å². The average molecular weight is 469 g/mol. The van der Waals surface area contributed by atoms with Crippen LogP contribution in [0.2, 0.25) is 0 Å². The minimum atomic E-state index is -1.48. The van der Waals surface area contributed by atoms with E-state index in [0.717, 1.165) is 49.9 Å². The molecule has 1 fully saturated rings. The van der Waals surface area contributed by atoms with Crippen molar-refractivity contribution < 1.29 is 13.9 Å². The number of halogens is 1. The van der Waals surface area contributed by atoms with E-state index >= 15 is 0 Å². The highest BCUT2D eigenvalue weighted by atomic mass is 19.1. The number of hydrogen-bond donors (Lipinski definition) is 0. The molecule has 1 atom stereocenters. The van der Waals surface area contributed by atoms with E-state index in [4.69, 9.17) is 4.74 Å². The molecule has 0 spiro atoms. The average Bonchev–Trinajstić information content (AvgIpc) is 2.88. The van der Waals surface area contributed by atoms with Crippen molar-refractivity contribution in [1.29, 1.82) is 0 Å². The van der Waals surface area contributed by atoms with Gasteiger partial charge >= 0.3 is 5.97 Å². The molecule has 3 rings (SSSR count). The van der Waals surface area contributed by atoms with Gasteiger partial charge in [-0.1, -0.05) is 76.6 Å². The van der Waals surface area contributed by atoms with E-state index in [2.05, 4.69) is 41.2 Å². The van der Waals surface area contributed by atoms with E-state index in [0.29, 0.717) is 12.3 Å². The molecule has 4 nitrogen and oxygen atoms in total. The Morgan fingerprint density at radius 3 is 2.24 bits per heavy atom. The van der Waals surface area contributed by atoms with Gasteiger partial charge in [0.25, 0.3) is 0 Å². The number of rotatable bonds is 13. The Bertz CT molecular complexity index is 845. The predicted octanol–water partition coefficient (Wildman–Crippen LogP) is 7.75. The summed E-state index contributed by atoms with van der Waals surface area (Å²) in [4.78, 5) is 21.1. The van der Waals surface area contributed by atoms with E-state index in [1.807, 2.05) is 19.3 Å². The van der Waals surface area contributed by atoms with Crippen LogP contribution in [-0.4, -0.2) is 28.2 Å². The topological polar surface area (TPSA) is 52.1 Å². The molecule has 1 aliphatic rings. The Morgan fingerprint density at radius 1 is 0.941 bits per heavy atom. The molecule has 1 heterocycles. The fourth-order valence-electron chi connectivity index (χ4n) is 4.72. The number of unbranched alkanes of at least 4 members (excludes halogenated alkanes) is 5. The molecule has 1 aromatic carbocycles. The Balaban J connectivity index is 1.44. The van der Waals surface area contributed by atoms with Crippen molar-refractivity contribution >= 4 is 5.97 Å². The Hall–Kier alpha value is -2.30. The molecule has 0 N–H and O–H groups in total. The second-order valence-corrected chi connectivity index (χ2v) is 9.72. The summed E-state index contributed by atoms with van der Waals surface area (Å²) >= 11 is 0. The lowest BCUT2D eigenvalue weighted by Crippen LogP contribution is -2.28. The summed E-state index contributed by atoms with van der Waals surface area (Å²) in [7, 11) is 0. The molecule has 186 valence electrons. The second-order valence-electron chi connectivity index (χ2n) is 9.72. The fraction of sp³-hybridized carbons (Fsp3) is 0.621. The molecule has 2 aromatic rings. The maximum atomic E-state index is 13.9. The number of carbonyl (C=O) groups is 1. The van der Waals surface area contributed by atoms with Crippen LogP contribution in [0, 0.1) is 0 Å². The number of benzene rings is 1. The van der Waals surface area contributed by atoms with Gasteiger partial charge in [-0.05, 0) is 62.0 Å². The highest BCUT2D eigenvalue weighted by molar-refractivity contribution is 5.74. The number of nitrogens with zero attached hydrogens (tertiary/aromatic N) is 2. The highest BCUT2D eigenvalue weighted by Gasteiger charge is 2.27. The second kappa shape index (κ2) is 14.2. The largest absolute Gasteiger partial charge is 0.460 e. The molecule has 1 aromatic heterocycles. The third-order valence-corrected chi connectivity index (χ3v) is 6.94. The molecule has 0 unspecified atom stereocenters. The van der Waals surface area contributed by atoms with E-state index in [-0.39, 0.29) is 12.5 Å². The lowest BCUT2D eigenvalue weighted by Gasteiger charge is -2.29. The highest BCUT2D eigenvalue weighted by Crippen LogP contribution is 2.35. The van der Waals surface area contributed by atoms with E-state index in [1.54, 1.807) is 0 Å². The molecule has 1 saturated carbocycles. The minimum Gasteiger partial charge on any atom is -0.460 e. The van der Waals surface area contributed by atoms with E-state index < -0.39 is 12.1 Å². The first-order valence-corrected chi connectivity index (χ1v) is 13.4. The number of ether oxygens (including phenoxy) is 1. The van der Waals surface area contributed by atoms with Crippen molar-refractivity contribution in [1.82, 2.24) is 9.97 Å². The molecule has 0 aliphatic heterocycles. The van der Waals surface area contributed by atoms with Gasteiger partial charge in [0.2, 0.25) is 0 Å². The first-order valence-electron chi connectivity index (χ1n) is 13.4. The van der Waals surface area contributed by atoms with Gasteiger partial charge in [-0.2, -0.15) is 0 Å². The van der Waals surface area contributed by atoms with Crippen molar-refractivity contribution in [2.75, 3.05) is 0 Å². The summed E-state index contributed by atoms with van der Waals surface area (Å²) < 4.78 is 19.3. The summed E-state index contributed by atoms with van der Waals surface area (Å²) in [5.41, 5.74) is 3.53.